The van der Waals surface area contributed by atoms with Crippen molar-refractivity contribution in [2.45, 2.75) is 41.4 Å². The van der Waals surface area contributed by atoms with E-state index in [0.29, 0.717) is 5.92 Å². The number of hydrogen-bond donors (Lipinski definition) is 2. The maximum atomic E-state index is 13.5. The van der Waals surface area contributed by atoms with Crippen molar-refractivity contribution in [1.29, 1.82) is 0 Å². The largest absolute Gasteiger partial charge is 0.356 e. The van der Waals surface area contributed by atoms with Crippen LogP contribution in [0, 0.1) is 5.82 Å². The molecule has 4 rings (SSSR count). The number of nitrogens with one attached hydrogen (secondary N) is 2. The van der Waals surface area contributed by atoms with Gasteiger partial charge in [-0.3, -0.25) is 4.99 Å². The van der Waals surface area contributed by atoms with Gasteiger partial charge in [-0.2, -0.15) is 0 Å². The summed E-state index contributed by atoms with van der Waals surface area (Å²) in [5.74, 6) is 0.620. The van der Waals surface area contributed by atoms with E-state index in [9.17, 15) is 12.8 Å². The Hall–Kier alpha value is -2.41. The average molecular weight is 402 g/mol. The van der Waals surface area contributed by atoms with Crippen molar-refractivity contribution in [3.63, 3.8) is 0 Å². The lowest BCUT2D eigenvalue weighted by molar-refractivity contribution is 0.535. The summed E-state index contributed by atoms with van der Waals surface area (Å²) >= 11 is 0. The summed E-state index contributed by atoms with van der Waals surface area (Å²) in [5.41, 5.74) is 2.25. The number of aliphatic imine (C=N–C) groups is 1. The van der Waals surface area contributed by atoms with E-state index in [2.05, 4.69) is 15.6 Å². The predicted molar refractivity (Wildman–Crippen MR) is 107 cm³/mol. The smallest absolute Gasteiger partial charge is 0.206 e. The minimum atomic E-state index is -3.73. The van der Waals surface area contributed by atoms with Gasteiger partial charge in [0.15, 0.2) is 5.96 Å². The Morgan fingerprint density at radius 3 is 2.79 bits per heavy atom. The van der Waals surface area contributed by atoms with Gasteiger partial charge in [0.2, 0.25) is 9.84 Å². The van der Waals surface area contributed by atoms with Crippen molar-refractivity contribution in [1.82, 2.24) is 10.6 Å². The van der Waals surface area contributed by atoms with E-state index in [1.807, 2.05) is 6.07 Å². The van der Waals surface area contributed by atoms with Gasteiger partial charge >= 0.3 is 0 Å². The van der Waals surface area contributed by atoms with Gasteiger partial charge in [-0.25, -0.2) is 12.8 Å². The third-order valence-electron chi connectivity index (χ3n) is 5.38. The molecule has 7 heteroatoms. The molecule has 2 aromatic carbocycles. The fourth-order valence-electron chi connectivity index (χ4n) is 3.91. The van der Waals surface area contributed by atoms with E-state index < -0.39 is 15.7 Å². The second kappa shape index (κ2) is 7.91. The predicted octanol–water partition coefficient (Wildman–Crippen LogP) is 3.02. The summed E-state index contributed by atoms with van der Waals surface area (Å²) in [6.45, 7) is 2.56. The molecule has 0 fully saturated rings. The number of benzene rings is 2. The van der Waals surface area contributed by atoms with Crippen molar-refractivity contribution < 1.29 is 12.8 Å². The first-order valence-electron chi connectivity index (χ1n) is 9.70. The van der Waals surface area contributed by atoms with Crippen LogP contribution in [0.5, 0.6) is 0 Å². The fraction of sp³-hybridized carbons (Fsp3) is 0.381. The second-order valence-electron chi connectivity index (χ2n) is 7.30. The third-order valence-corrected chi connectivity index (χ3v) is 7.13. The van der Waals surface area contributed by atoms with Crippen LogP contribution in [-0.4, -0.2) is 34.0 Å². The van der Waals surface area contributed by atoms with Crippen LogP contribution in [0.4, 0.5) is 4.39 Å². The highest BCUT2D eigenvalue weighted by atomic mass is 32.2. The van der Waals surface area contributed by atoms with Gasteiger partial charge in [0.05, 0.1) is 9.79 Å². The second-order valence-corrected chi connectivity index (χ2v) is 9.25. The van der Waals surface area contributed by atoms with E-state index in [1.165, 1.54) is 23.8 Å². The highest BCUT2D eigenvalue weighted by molar-refractivity contribution is 7.91. The number of aryl methyl sites for hydroxylation is 1. The molecule has 0 saturated heterocycles. The van der Waals surface area contributed by atoms with Gasteiger partial charge in [-0.1, -0.05) is 12.1 Å². The number of guanidine groups is 1. The molecule has 0 saturated carbocycles. The van der Waals surface area contributed by atoms with E-state index in [4.69, 9.17) is 0 Å². The van der Waals surface area contributed by atoms with Crippen LogP contribution in [0.3, 0.4) is 0 Å². The van der Waals surface area contributed by atoms with E-state index in [-0.39, 0.29) is 9.79 Å². The molecule has 0 unspecified atom stereocenters. The lowest BCUT2D eigenvalue weighted by Gasteiger charge is -2.27. The summed E-state index contributed by atoms with van der Waals surface area (Å²) in [7, 11) is -3.73. The quantitative estimate of drug-likeness (QED) is 0.826. The summed E-state index contributed by atoms with van der Waals surface area (Å²) in [5, 5.41) is 6.65. The maximum absolute atomic E-state index is 13.5. The SMILES string of the molecule is O=S(=O)(c1cccc(F)c1)c1ccc2c(c1)CCC[C@H]2CNC1=NCCCN1. The van der Waals surface area contributed by atoms with E-state index >= 15 is 0 Å². The molecule has 2 aromatic rings. The summed E-state index contributed by atoms with van der Waals surface area (Å²) < 4.78 is 39.3. The van der Waals surface area contributed by atoms with Crippen molar-refractivity contribution in [2.24, 2.45) is 4.99 Å². The summed E-state index contributed by atoms with van der Waals surface area (Å²) in [6, 6.07) is 10.5. The van der Waals surface area contributed by atoms with Gasteiger partial charge in [0.1, 0.15) is 5.82 Å². The Morgan fingerprint density at radius 1 is 1.14 bits per heavy atom. The molecule has 0 amide bonds. The average Bonchev–Trinajstić information content (AvgIpc) is 2.72. The first-order valence-corrected chi connectivity index (χ1v) is 11.2. The number of fused-ring (bicyclic) bond motifs is 1. The van der Waals surface area contributed by atoms with Gasteiger partial charge in [0, 0.05) is 25.6 Å². The van der Waals surface area contributed by atoms with Crippen LogP contribution in [0.2, 0.25) is 0 Å². The fourth-order valence-corrected chi connectivity index (χ4v) is 5.25. The molecule has 1 atom stereocenters. The number of hydrogen-bond acceptors (Lipinski definition) is 5. The third kappa shape index (κ3) is 3.90. The van der Waals surface area contributed by atoms with Crippen LogP contribution < -0.4 is 10.6 Å². The first kappa shape index (κ1) is 18.9. The van der Waals surface area contributed by atoms with Crippen molar-refractivity contribution in [2.75, 3.05) is 19.6 Å². The van der Waals surface area contributed by atoms with Crippen LogP contribution >= 0.6 is 0 Å². The standard InChI is InChI=1S/C21H24FN3O2S/c22-17-6-2-7-18(13-17)28(26,27)19-8-9-20-15(12-19)4-1-5-16(20)14-25-21-23-10-3-11-24-21/h2,6-9,12-13,16H,1,3-5,10-11,14H2,(H2,23,24,25)/t16-/m0/s1. The Kier molecular flexibility index (Phi) is 5.35. The molecular formula is C21H24FN3O2S. The Bertz CT molecular complexity index is 1000. The van der Waals surface area contributed by atoms with E-state index in [0.717, 1.165) is 62.9 Å². The minimum Gasteiger partial charge on any atom is -0.356 e. The van der Waals surface area contributed by atoms with Gasteiger partial charge in [-0.15, -0.1) is 0 Å². The van der Waals surface area contributed by atoms with Crippen LogP contribution in [0.1, 0.15) is 36.3 Å². The Morgan fingerprint density at radius 2 is 2.00 bits per heavy atom. The highest BCUT2D eigenvalue weighted by Crippen LogP contribution is 2.34. The van der Waals surface area contributed by atoms with Crippen molar-refractivity contribution in [3.05, 3.63) is 59.4 Å². The Balaban J connectivity index is 1.57. The molecule has 0 bridgehead atoms. The molecule has 1 heterocycles. The molecule has 0 aromatic heterocycles. The molecule has 2 aliphatic rings. The monoisotopic (exact) mass is 401 g/mol. The summed E-state index contributed by atoms with van der Waals surface area (Å²) in [6.07, 6.45) is 3.99. The van der Waals surface area contributed by atoms with Gasteiger partial charge in [0.25, 0.3) is 0 Å². The lowest BCUT2D eigenvalue weighted by Crippen LogP contribution is -2.42. The molecular weight excluding hydrogens is 377 g/mol. The molecule has 1 aliphatic carbocycles. The van der Waals surface area contributed by atoms with Crippen LogP contribution in [0.25, 0.3) is 0 Å². The highest BCUT2D eigenvalue weighted by Gasteiger charge is 2.24. The number of rotatable bonds is 4. The van der Waals surface area contributed by atoms with Gasteiger partial charge in [-0.05, 0) is 67.1 Å². The maximum Gasteiger partial charge on any atom is 0.206 e. The molecule has 0 radical (unpaired) electrons. The zero-order chi connectivity index (χ0) is 19.6. The topological polar surface area (TPSA) is 70.6 Å². The van der Waals surface area contributed by atoms with Crippen LogP contribution in [-0.2, 0) is 16.3 Å². The number of nitrogens with zero attached hydrogens (tertiary/aromatic N) is 1. The lowest BCUT2D eigenvalue weighted by atomic mass is 9.83. The number of halogens is 1. The zero-order valence-electron chi connectivity index (χ0n) is 15.6. The molecule has 148 valence electrons. The number of sulfone groups is 1. The molecule has 2 N–H and O–H groups in total. The van der Waals surface area contributed by atoms with Gasteiger partial charge < -0.3 is 10.6 Å². The van der Waals surface area contributed by atoms with Crippen LogP contribution in [0.15, 0.2) is 57.2 Å². The zero-order valence-corrected chi connectivity index (χ0v) is 16.4. The molecule has 5 nitrogen and oxygen atoms in total. The molecule has 28 heavy (non-hydrogen) atoms. The van der Waals surface area contributed by atoms with E-state index in [1.54, 1.807) is 12.1 Å². The molecule has 0 spiro atoms. The minimum absolute atomic E-state index is 0.0112. The Labute approximate surface area is 165 Å². The first-order chi connectivity index (χ1) is 13.5. The van der Waals surface area contributed by atoms with Crippen molar-refractivity contribution >= 4 is 15.8 Å². The summed E-state index contributed by atoms with van der Waals surface area (Å²) in [4.78, 5) is 4.66. The van der Waals surface area contributed by atoms with Crippen molar-refractivity contribution in [3.8, 4) is 0 Å². The normalized spacial score (nSPS) is 19.3. The molecule has 1 aliphatic heterocycles.